The lowest BCUT2D eigenvalue weighted by molar-refractivity contribution is -0.137. The van der Waals surface area contributed by atoms with Gasteiger partial charge < -0.3 is 5.11 Å². The van der Waals surface area contributed by atoms with E-state index in [9.17, 15) is 9.90 Å². The fourth-order valence-corrected chi connectivity index (χ4v) is 3.86. The number of aromatic nitrogens is 3. The molecule has 2 aromatic heterocycles. The first-order valence-electron chi connectivity index (χ1n) is 7.62. The SMILES string of the molecule is CC(C)(C)c1nn(-c2nccs2)c2c1C(CC(=O)O)CCC2. The lowest BCUT2D eigenvalue weighted by Gasteiger charge is -2.26. The zero-order chi connectivity index (χ0) is 15.9. The third-order valence-electron chi connectivity index (χ3n) is 4.13. The van der Waals surface area contributed by atoms with Crippen molar-refractivity contribution in [3.63, 3.8) is 0 Å². The predicted octanol–water partition coefficient (Wildman–Crippen LogP) is 3.52. The fraction of sp³-hybridized carbons (Fsp3) is 0.562. The van der Waals surface area contributed by atoms with E-state index in [0.29, 0.717) is 0 Å². The zero-order valence-corrected chi connectivity index (χ0v) is 14.0. The van der Waals surface area contributed by atoms with Crippen LogP contribution in [0.4, 0.5) is 0 Å². The number of rotatable bonds is 3. The molecule has 0 spiro atoms. The molecule has 6 heteroatoms. The fourth-order valence-electron chi connectivity index (χ4n) is 3.24. The second kappa shape index (κ2) is 5.50. The first-order chi connectivity index (χ1) is 10.4. The largest absolute Gasteiger partial charge is 0.481 e. The van der Waals surface area contributed by atoms with Crippen LogP contribution in [0.2, 0.25) is 0 Å². The van der Waals surface area contributed by atoms with Gasteiger partial charge in [0.15, 0.2) is 0 Å². The molecular formula is C16H21N3O2S. The summed E-state index contributed by atoms with van der Waals surface area (Å²) in [4.78, 5) is 15.6. The number of hydrogen-bond donors (Lipinski definition) is 1. The van der Waals surface area contributed by atoms with Crippen LogP contribution in [0.5, 0.6) is 0 Å². The molecule has 1 aliphatic rings. The third kappa shape index (κ3) is 2.67. The average Bonchev–Trinajstić information content (AvgIpc) is 3.03. The number of thiazole rings is 1. The van der Waals surface area contributed by atoms with Crippen LogP contribution in [-0.2, 0) is 16.6 Å². The highest BCUT2D eigenvalue weighted by Gasteiger charge is 2.34. The van der Waals surface area contributed by atoms with Crippen LogP contribution in [0.15, 0.2) is 11.6 Å². The first-order valence-corrected chi connectivity index (χ1v) is 8.50. The Morgan fingerprint density at radius 3 is 2.86 bits per heavy atom. The van der Waals surface area contributed by atoms with Gasteiger partial charge in [0.05, 0.1) is 17.8 Å². The maximum Gasteiger partial charge on any atom is 0.303 e. The Bertz CT molecular complexity index is 683. The summed E-state index contributed by atoms with van der Waals surface area (Å²) in [6.07, 6.45) is 4.83. The highest BCUT2D eigenvalue weighted by molar-refractivity contribution is 7.12. The molecule has 1 N–H and O–H groups in total. The van der Waals surface area contributed by atoms with Gasteiger partial charge in [0, 0.05) is 22.6 Å². The third-order valence-corrected chi connectivity index (χ3v) is 4.87. The van der Waals surface area contributed by atoms with Crippen molar-refractivity contribution in [3.05, 3.63) is 28.5 Å². The number of hydrogen-bond acceptors (Lipinski definition) is 4. The number of carboxylic acid groups (broad SMARTS) is 1. The summed E-state index contributed by atoms with van der Waals surface area (Å²) in [6.45, 7) is 6.40. The molecule has 1 aliphatic carbocycles. The van der Waals surface area contributed by atoms with Crippen molar-refractivity contribution in [2.75, 3.05) is 0 Å². The summed E-state index contributed by atoms with van der Waals surface area (Å²) in [5, 5.41) is 16.9. The zero-order valence-electron chi connectivity index (χ0n) is 13.2. The van der Waals surface area contributed by atoms with E-state index in [-0.39, 0.29) is 17.8 Å². The summed E-state index contributed by atoms with van der Waals surface area (Å²) in [7, 11) is 0. The van der Waals surface area contributed by atoms with E-state index >= 15 is 0 Å². The van der Waals surface area contributed by atoms with E-state index in [1.807, 2.05) is 10.1 Å². The van der Waals surface area contributed by atoms with Crippen LogP contribution >= 0.6 is 11.3 Å². The summed E-state index contributed by atoms with van der Waals surface area (Å²) in [5.74, 6) is -0.677. The second-order valence-electron chi connectivity index (χ2n) is 6.87. The van der Waals surface area contributed by atoms with Crippen LogP contribution < -0.4 is 0 Å². The monoisotopic (exact) mass is 319 g/mol. The lowest BCUT2D eigenvalue weighted by Crippen LogP contribution is -2.20. The maximum atomic E-state index is 11.2. The maximum absolute atomic E-state index is 11.2. The van der Waals surface area contributed by atoms with Gasteiger partial charge in [-0.15, -0.1) is 11.3 Å². The Kier molecular flexibility index (Phi) is 3.80. The van der Waals surface area contributed by atoms with Gasteiger partial charge in [-0.3, -0.25) is 4.79 Å². The molecule has 0 aliphatic heterocycles. The normalized spacial score (nSPS) is 18.2. The molecule has 3 rings (SSSR count). The number of nitrogens with zero attached hydrogens (tertiary/aromatic N) is 3. The summed E-state index contributed by atoms with van der Waals surface area (Å²) >= 11 is 1.56. The summed E-state index contributed by atoms with van der Waals surface area (Å²) in [5.41, 5.74) is 3.21. The minimum Gasteiger partial charge on any atom is -0.481 e. The van der Waals surface area contributed by atoms with Crippen LogP contribution in [-0.4, -0.2) is 25.8 Å². The van der Waals surface area contributed by atoms with Gasteiger partial charge in [-0.1, -0.05) is 20.8 Å². The molecule has 0 radical (unpaired) electrons. The quantitative estimate of drug-likeness (QED) is 0.940. The van der Waals surface area contributed by atoms with Crippen molar-refractivity contribution in [1.82, 2.24) is 14.8 Å². The van der Waals surface area contributed by atoms with Crippen LogP contribution in [0.25, 0.3) is 5.13 Å². The van der Waals surface area contributed by atoms with E-state index in [4.69, 9.17) is 5.10 Å². The molecule has 0 amide bonds. The molecule has 0 aromatic carbocycles. The molecule has 1 unspecified atom stereocenters. The average molecular weight is 319 g/mol. The lowest BCUT2D eigenvalue weighted by atomic mass is 9.78. The van der Waals surface area contributed by atoms with Gasteiger partial charge >= 0.3 is 5.97 Å². The minimum atomic E-state index is -0.736. The van der Waals surface area contributed by atoms with Gasteiger partial charge in [-0.05, 0) is 25.2 Å². The van der Waals surface area contributed by atoms with Crippen molar-refractivity contribution in [2.24, 2.45) is 0 Å². The van der Waals surface area contributed by atoms with E-state index in [2.05, 4.69) is 25.8 Å². The van der Waals surface area contributed by atoms with Gasteiger partial charge in [0.2, 0.25) is 5.13 Å². The summed E-state index contributed by atoms with van der Waals surface area (Å²) in [6, 6.07) is 0. The Hall–Kier alpha value is -1.69. The molecular weight excluding hydrogens is 298 g/mol. The Morgan fingerprint density at radius 1 is 1.50 bits per heavy atom. The van der Waals surface area contributed by atoms with Crippen molar-refractivity contribution in [2.45, 2.75) is 57.8 Å². The highest BCUT2D eigenvalue weighted by Crippen LogP contribution is 2.41. The van der Waals surface area contributed by atoms with Gasteiger partial charge in [0.1, 0.15) is 0 Å². The van der Waals surface area contributed by atoms with Crippen molar-refractivity contribution in [1.29, 1.82) is 0 Å². The number of carboxylic acids is 1. The van der Waals surface area contributed by atoms with E-state index in [0.717, 1.165) is 41.3 Å². The van der Waals surface area contributed by atoms with E-state index < -0.39 is 5.97 Å². The number of aliphatic carboxylic acids is 1. The molecule has 1 atom stereocenters. The molecule has 2 heterocycles. The number of carbonyl (C=O) groups is 1. The van der Waals surface area contributed by atoms with Gasteiger partial charge in [-0.2, -0.15) is 5.10 Å². The van der Waals surface area contributed by atoms with E-state index in [1.165, 1.54) is 0 Å². The molecule has 5 nitrogen and oxygen atoms in total. The topological polar surface area (TPSA) is 68.0 Å². The van der Waals surface area contributed by atoms with Crippen LogP contribution in [0, 0.1) is 0 Å². The highest BCUT2D eigenvalue weighted by atomic mass is 32.1. The van der Waals surface area contributed by atoms with Crippen LogP contribution in [0.3, 0.4) is 0 Å². The molecule has 0 saturated heterocycles. The van der Waals surface area contributed by atoms with Crippen molar-refractivity contribution in [3.8, 4) is 5.13 Å². The van der Waals surface area contributed by atoms with Crippen molar-refractivity contribution >= 4 is 17.3 Å². The molecule has 0 bridgehead atoms. The smallest absolute Gasteiger partial charge is 0.303 e. The molecule has 0 fully saturated rings. The predicted molar refractivity (Wildman–Crippen MR) is 85.9 cm³/mol. The Morgan fingerprint density at radius 2 is 2.27 bits per heavy atom. The standard InChI is InChI=1S/C16H21N3O2S/c1-16(2,3)14-13-10(9-12(20)21)5-4-6-11(13)19(18-14)15-17-7-8-22-15/h7-8,10H,4-6,9H2,1-3H3,(H,20,21). The van der Waals surface area contributed by atoms with Gasteiger partial charge in [-0.25, -0.2) is 9.67 Å². The number of fused-ring (bicyclic) bond motifs is 1. The first kappa shape index (κ1) is 15.2. The summed E-state index contributed by atoms with van der Waals surface area (Å²) < 4.78 is 1.94. The van der Waals surface area contributed by atoms with Crippen LogP contribution in [0.1, 0.15) is 62.9 Å². The Labute approximate surface area is 134 Å². The van der Waals surface area contributed by atoms with E-state index in [1.54, 1.807) is 17.5 Å². The molecule has 118 valence electrons. The second-order valence-corrected chi connectivity index (χ2v) is 7.75. The van der Waals surface area contributed by atoms with Crippen molar-refractivity contribution < 1.29 is 9.90 Å². The molecule has 22 heavy (non-hydrogen) atoms. The molecule has 0 saturated carbocycles. The Balaban J connectivity index is 2.17. The molecule has 2 aromatic rings. The minimum absolute atomic E-state index is 0.0594. The van der Waals surface area contributed by atoms with Gasteiger partial charge in [0.25, 0.3) is 0 Å².